The molecule has 1 aliphatic carbocycles. The molecule has 1 aromatic carbocycles. The first-order valence-electron chi connectivity index (χ1n) is 9.08. The first-order valence-corrected chi connectivity index (χ1v) is 9.08. The molecule has 1 saturated carbocycles. The highest BCUT2D eigenvalue weighted by atomic mass is 16.7. The summed E-state index contributed by atoms with van der Waals surface area (Å²) in [7, 11) is 3.00. The number of carbonyl (C=O) groups excluding carboxylic acids is 1. The fourth-order valence-electron chi connectivity index (χ4n) is 3.80. The van der Waals surface area contributed by atoms with Crippen LogP contribution in [-0.2, 0) is 4.84 Å². The molecule has 4 rings (SSSR count). The van der Waals surface area contributed by atoms with E-state index >= 15 is 0 Å². The van der Waals surface area contributed by atoms with E-state index in [1.165, 1.54) is 12.2 Å². The second-order valence-corrected chi connectivity index (χ2v) is 7.51. The topological polar surface area (TPSA) is 106 Å². The first kappa shape index (κ1) is 18.4. The van der Waals surface area contributed by atoms with Crippen LogP contribution >= 0.6 is 0 Å². The zero-order valence-electron chi connectivity index (χ0n) is 16.1. The van der Waals surface area contributed by atoms with Crippen LogP contribution in [0.2, 0.25) is 0 Å². The second-order valence-electron chi connectivity index (χ2n) is 7.51. The number of nitrogens with two attached hydrogens (primary N) is 1. The quantitative estimate of drug-likeness (QED) is 0.672. The number of rotatable bonds is 4. The summed E-state index contributed by atoms with van der Waals surface area (Å²) in [5.74, 6) is 1.18. The number of hydrogen-bond donors (Lipinski definition) is 2. The lowest BCUT2D eigenvalue weighted by molar-refractivity contribution is -0.0756. The zero-order valence-corrected chi connectivity index (χ0v) is 16.1. The summed E-state index contributed by atoms with van der Waals surface area (Å²) in [6.07, 6.45) is 4.81. The normalized spacial score (nSPS) is 21.5. The van der Waals surface area contributed by atoms with Gasteiger partial charge < -0.3 is 10.8 Å². The number of nitrogens with zero attached hydrogens (tertiary/aromatic N) is 4. The zero-order chi connectivity index (χ0) is 20.1. The minimum atomic E-state index is -0.648. The van der Waals surface area contributed by atoms with Gasteiger partial charge >= 0.3 is 0 Å². The van der Waals surface area contributed by atoms with Gasteiger partial charge in [-0.05, 0) is 31.9 Å². The number of imidazole rings is 1. The van der Waals surface area contributed by atoms with Gasteiger partial charge in [0, 0.05) is 36.5 Å². The Labute approximate surface area is 162 Å². The lowest BCUT2D eigenvalue weighted by atomic mass is 9.72. The van der Waals surface area contributed by atoms with Gasteiger partial charge in [-0.2, -0.15) is 0 Å². The molecule has 3 N–H and O–H groups in total. The van der Waals surface area contributed by atoms with Gasteiger partial charge in [-0.15, -0.1) is 0 Å². The van der Waals surface area contributed by atoms with Gasteiger partial charge in [0.05, 0.1) is 12.7 Å². The molecule has 0 bridgehead atoms. The van der Waals surface area contributed by atoms with Crippen LogP contribution in [0, 0.1) is 0 Å². The molecular formula is C20H23N5O3. The Morgan fingerprint density at radius 1 is 1.36 bits per heavy atom. The molecule has 1 fully saturated rings. The number of anilines is 1. The second kappa shape index (κ2) is 6.57. The summed E-state index contributed by atoms with van der Waals surface area (Å²) in [5.41, 5.74) is 8.31. The lowest BCUT2D eigenvalue weighted by Gasteiger charge is -2.40. The van der Waals surface area contributed by atoms with Crippen molar-refractivity contribution in [3.05, 3.63) is 48.0 Å². The number of benzene rings is 1. The van der Waals surface area contributed by atoms with E-state index in [1.54, 1.807) is 25.4 Å². The minimum absolute atomic E-state index is 0.161. The molecule has 0 unspecified atom stereocenters. The fourth-order valence-corrected chi connectivity index (χ4v) is 3.80. The molecule has 146 valence electrons. The van der Waals surface area contributed by atoms with Gasteiger partial charge in [0.25, 0.3) is 5.91 Å². The summed E-state index contributed by atoms with van der Waals surface area (Å²) in [5, 5.41) is 11.3. The number of amides is 1. The van der Waals surface area contributed by atoms with Crippen molar-refractivity contribution in [2.75, 3.05) is 19.9 Å². The van der Waals surface area contributed by atoms with Gasteiger partial charge in [-0.25, -0.2) is 15.0 Å². The standard InChI is InChI=1S/C20H23N5O3/c1-20(27)10-14(11-20)18-23-15(16-17(21)22-8-9-25(16)18)12-4-6-13(7-5-12)19(26)24(2)28-3/h4-9,14,27H,10-11H2,1-3H3,(H2,21,22)/t14-,20+. The summed E-state index contributed by atoms with van der Waals surface area (Å²) >= 11 is 0. The van der Waals surface area contributed by atoms with Crippen molar-refractivity contribution in [3.63, 3.8) is 0 Å². The summed E-state index contributed by atoms with van der Waals surface area (Å²) < 4.78 is 1.95. The molecule has 0 aliphatic heterocycles. The maximum atomic E-state index is 12.2. The third kappa shape index (κ3) is 3.00. The average molecular weight is 381 g/mol. The van der Waals surface area contributed by atoms with Crippen molar-refractivity contribution >= 4 is 17.2 Å². The fraction of sp³-hybridized carbons (Fsp3) is 0.350. The Hall–Kier alpha value is -2.97. The van der Waals surface area contributed by atoms with Gasteiger partial charge in [0.2, 0.25) is 0 Å². The predicted molar refractivity (Wildman–Crippen MR) is 105 cm³/mol. The largest absolute Gasteiger partial charge is 0.390 e. The highest BCUT2D eigenvalue weighted by molar-refractivity contribution is 5.94. The van der Waals surface area contributed by atoms with E-state index in [1.807, 2.05) is 29.7 Å². The van der Waals surface area contributed by atoms with Crippen LogP contribution in [0.4, 0.5) is 5.82 Å². The number of hydrogen-bond acceptors (Lipinski definition) is 6. The molecule has 8 heteroatoms. The summed E-state index contributed by atoms with van der Waals surface area (Å²) in [6, 6.07) is 7.15. The van der Waals surface area contributed by atoms with Crippen LogP contribution < -0.4 is 5.73 Å². The maximum Gasteiger partial charge on any atom is 0.277 e. The van der Waals surface area contributed by atoms with Crippen molar-refractivity contribution in [2.24, 2.45) is 0 Å². The Balaban J connectivity index is 1.76. The van der Waals surface area contributed by atoms with E-state index in [9.17, 15) is 9.90 Å². The molecule has 2 heterocycles. The van der Waals surface area contributed by atoms with Gasteiger partial charge in [0.15, 0.2) is 0 Å². The molecule has 2 aromatic heterocycles. The van der Waals surface area contributed by atoms with Crippen LogP contribution in [0.1, 0.15) is 41.9 Å². The molecule has 0 radical (unpaired) electrons. The highest BCUT2D eigenvalue weighted by Gasteiger charge is 2.41. The Kier molecular flexibility index (Phi) is 4.32. The van der Waals surface area contributed by atoms with E-state index < -0.39 is 5.60 Å². The van der Waals surface area contributed by atoms with Gasteiger partial charge in [-0.1, -0.05) is 12.1 Å². The predicted octanol–water partition coefficient (Wildman–Crippen LogP) is 2.24. The van der Waals surface area contributed by atoms with Crippen molar-refractivity contribution in [2.45, 2.75) is 31.3 Å². The van der Waals surface area contributed by atoms with E-state index in [-0.39, 0.29) is 11.8 Å². The van der Waals surface area contributed by atoms with Crippen molar-refractivity contribution in [3.8, 4) is 11.3 Å². The molecule has 3 aromatic rings. The highest BCUT2D eigenvalue weighted by Crippen LogP contribution is 2.45. The van der Waals surface area contributed by atoms with Crippen LogP contribution in [-0.4, -0.2) is 50.2 Å². The Morgan fingerprint density at radius 2 is 2.04 bits per heavy atom. The lowest BCUT2D eigenvalue weighted by Crippen LogP contribution is -2.40. The number of aliphatic hydroxyl groups is 1. The smallest absolute Gasteiger partial charge is 0.277 e. The molecule has 0 spiro atoms. The van der Waals surface area contributed by atoms with Crippen molar-refractivity contribution in [1.82, 2.24) is 19.4 Å². The molecule has 8 nitrogen and oxygen atoms in total. The molecule has 1 aliphatic rings. The number of carbonyl (C=O) groups is 1. The van der Waals surface area contributed by atoms with Crippen LogP contribution in [0.15, 0.2) is 36.7 Å². The summed E-state index contributed by atoms with van der Waals surface area (Å²) in [4.78, 5) is 26.2. The van der Waals surface area contributed by atoms with E-state index in [0.29, 0.717) is 29.9 Å². The SMILES string of the molecule is CON(C)C(=O)c1ccc(-c2nc([C@H]3C[C@@](C)(O)C3)n3ccnc(N)c23)cc1. The molecule has 28 heavy (non-hydrogen) atoms. The van der Waals surface area contributed by atoms with Gasteiger partial charge in [0.1, 0.15) is 22.9 Å². The third-order valence-electron chi connectivity index (χ3n) is 5.31. The molecule has 0 saturated heterocycles. The number of aromatic nitrogens is 3. The van der Waals surface area contributed by atoms with Crippen LogP contribution in [0.5, 0.6) is 0 Å². The minimum Gasteiger partial charge on any atom is -0.390 e. The third-order valence-corrected chi connectivity index (χ3v) is 5.31. The first-order chi connectivity index (χ1) is 13.3. The van der Waals surface area contributed by atoms with Crippen molar-refractivity contribution in [1.29, 1.82) is 0 Å². The van der Waals surface area contributed by atoms with Gasteiger partial charge in [-0.3, -0.25) is 14.0 Å². The summed E-state index contributed by atoms with van der Waals surface area (Å²) in [6.45, 7) is 1.84. The molecule has 1 amide bonds. The van der Waals surface area contributed by atoms with E-state index in [2.05, 4.69) is 4.98 Å². The van der Waals surface area contributed by atoms with E-state index in [0.717, 1.165) is 16.9 Å². The number of hydroxylamine groups is 2. The number of nitrogen functional groups attached to an aromatic ring is 1. The maximum absolute atomic E-state index is 12.2. The monoisotopic (exact) mass is 381 g/mol. The molecule has 0 atom stereocenters. The van der Waals surface area contributed by atoms with E-state index in [4.69, 9.17) is 15.6 Å². The van der Waals surface area contributed by atoms with Crippen LogP contribution in [0.25, 0.3) is 16.8 Å². The van der Waals surface area contributed by atoms with Crippen molar-refractivity contribution < 1.29 is 14.7 Å². The molecular weight excluding hydrogens is 358 g/mol. The van der Waals surface area contributed by atoms with Crippen LogP contribution in [0.3, 0.4) is 0 Å². The average Bonchev–Trinajstić information content (AvgIpc) is 3.05. The Bertz CT molecular complexity index is 1030. The number of fused-ring (bicyclic) bond motifs is 1. The Morgan fingerprint density at radius 3 is 2.64 bits per heavy atom.